The van der Waals surface area contributed by atoms with E-state index in [4.69, 9.17) is 0 Å². The molecule has 0 aliphatic heterocycles. The van der Waals surface area contributed by atoms with E-state index in [9.17, 15) is 0 Å². The molecule has 0 unspecified atom stereocenters. The third-order valence-corrected chi connectivity index (χ3v) is 6.42. The van der Waals surface area contributed by atoms with Crippen LogP contribution < -0.4 is 0 Å². The minimum absolute atomic E-state index is 0.960. The van der Waals surface area contributed by atoms with Crippen molar-refractivity contribution in [1.82, 2.24) is 0 Å². The van der Waals surface area contributed by atoms with Crippen LogP contribution in [0.4, 0.5) is 0 Å². The fourth-order valence-electron chi connectivity index (χ4n) is 1.21. The molecule has 0 aromatic carbocycles. The zero-order valence-corrected chi connectivity index (χ0v) is 11.5. The molecular formula is C8H13HfSi. The normalized spacial score (nSPS) is 18.6. The monoisotopic (exact) mass is 317 g/mol. The molecule has 0 saturated heterocycles. The van der Waals surface area contributed by atoms with E-state index in [1.165, 1.54) is 30.8 Å². The van der Waals surface area contributed by atoms with Gasteiger partial charge in [0.1, 0.15) is 0 Å². The minimum atomic E-state index is -0.960. The quantitative estimate of drug-likeness (QED) is 0.653. The van der Waals surface area contributed by atoms with E-state index in [1.807, 2.05) is 0 Å². The Kier molecular flexibility index (Phi) is 2.51. The van der Waals surface area contributed by atoms with Crippen molar-refractivity contribution in [3.05, 3.63) is 20.7 Å². The predicted octanol–water partition coefficient (Wildman–Crippen LogP) is 2.62. The average Bonchev–Trinajstić information content (AvgIpc) is 2.11. The van der Waals surface area contributed by atoms with Crippen molar-refractivity contribution in [2.75, 3.05) is 0 Å². The Balaban J connectivity index is 2.91. The molecule has 1 aliphatic carbocycles. The molecule has 2 heteroatoms. The van der Waals surface area contributed by atoms with Gasteiger partial charge in [0.2, 0.25) is 0 Å². The van der Waals surface area contributed by atoms with Gasteiger partial charge in [-0.2, -0.15) is 0 Å². The summed E-state index contributed by atoms with van der Waals surface area (Å²) in [6.45, 7) is 7.28. The summed E-state index contributed by atoms with van der Waals surface area (Å²) in [6.07, 6.45) is 5.93. The van der Waals surface area contributed by atoms with Gasteiger partial charge in [-0.3, -0.25) is 0 Å². The Morgan fingerprint density at radius 3 is 2.20 bits per heavy atom. The standard InChI is InChI=1S/C8H13Si.Hf/c1-9(2,3)8-6-4-5-7-8;/h4,6H,5H2,1-3H3;. The molecule has 0 fully saturated rings. The van der Waals surface area contributed by atoms with Crippen LogP contribution in [0.2, 0.25) is 19.6 Å². The van der Waals surface area contributed by atoms with E-state index in [0.29, 0.717) is 0 Å². The van der Waals surface area contributed by atoms with Crippen LogP contribution >= 0.6 is 0 Å². The molecule has 1 aliphatic rings. The molecule has 0 amide bonds. The molecule has 0 atom stereocenters. The summed E-state index contributed by atoms with van der Waals surface area (Å²) in [5.74, 6) is 0. The van der Waals surface area contributed by atoms with Gasteiger partial charge in [0.05, 0.1) is 0 Å². The number of hydrogen-bond donors (Lipinski definition) is 0. The maximum atomic E-state index is 2.43. The first-order valence-corrected chi connectivity index (χ1v) is 8.93. The van der Waals surface area contributed by atoms with Crippen molar-refractivity contribution in [2.24, 2.45) is 0 Å². The van der Waals surface area contributed by atoms with Gasteiger partial charge in [0.25, 0.3) is 0 Å². The second-order valence-corrected chi connectivity index (χ2v) is 11.0. The first kappa shape index (κ1) is 8.66. The van der Waals surface area contributed by atoms with E-state index < -0.39 is 8.07 Å². The van der Waals surface area contributed by atoms with Crippen molar-refractivity contribution >= 4 is 8.07 Å². The van der Waals surface area contributed by atoms with Gasteiger partial charge in [-0.05, 0) is 0 Å². The zero-order valence-electron chi connectivity index (χ0n) is 6.86. The van der Waals surface area contributed by atoms with E-state index in [1.54, 1.807) is 8.53 Å². The van der Waals surface area contributed by atoms with Gasteiger partial charge in [-0.15, -0.1) is 0 Å². The average molecular weight is 316 g/mol. The summed E-state index contributed by atoms with van der Waals surface area (Å²) in [5, 5.41) is 1.72. The van der Waals surface area contributed by atoms with Gasteiger partial charge in [-0.1, -0.05) is 0 Å². The number of rotatable bonds is 1. The van der Waals surface area contributed by atoms with Crippen LogP contribution in [0.3, 0.4) is 0 Å². The molecule has 10 heavy (non-hydrogen) atoms. The van der Waals surface area contributed by atoms with Crippen molar-refractivity contribution in [3.8, 4) is 0 Å². The van der Waals surface area contributed by atoms with Crippen LogP contribution in [0, 0.1) is 0 Å². The Morgan fingerprint density at radius 1 is 1.40 bits per heavy atom. The van der Waals surface area contributed by atoms with E-state index in [0.717, 1.165) is 0 Å². The van der Waals surface area contributed by atoms with Gasteiger partial charge >= 0.3 is 79.2 Å². The molecule has 0 aromatic rings. The summed E-state index contributed by atoms with van der Waals surface area (Å²) < 4.78 is 1.74. The van der Waals surface area contributed by atoms with Gasteiger partial charge in [0, 0.05) is 0 Å². The fourth-order valence-corrected chi connectivity index (χ4v) is 7.60. The fraction of sp³-hybridized carbons (Fsp3) is 0.500. The second-order valence-electron chi connectivity index (χ2n) is 3.75. The Bertz CT molecular complexity index is 196. The molecule has 1 rings (SSSR count). The number of allylic oxidation sites excluding steroid dienone is 4. The summed E-state index contributed by atoms with van der Waals surface area (Å²) in [6, 6.07) is 0. The van der Waals surface area contributed by atoms with Gasteiger partial charge in [-0.25, -0.2) is 0 Å². The molecule has 0 saturated carbocycles. The van der Waals surface area contributed by atoms with Crippen LogP contribution in [0.5, 0.6) is 0 Å². The summed E-state index contributed by atoms with van der Waals surface area (Å²) in [4.78, 5) is 0. The third-order valence-electron chi connectivity index (χ3n) is 1.74. The Morgan fingerprint density at radius 2 is 2.00 bits per heavy atom. The van der Waals surface area contributed by atoms with E-state index in [2.05, 4.69) is 31.8 Å². The molecular weight excluding hydrogens is 303 g/mol. The first-order chi connectivity index (χ1) is 4.52. The molecule has 0 N–H and O–H groups in total. The van der Waals surface area contributed by atoms with Crippen LogP contribution in [0.15, 0.2) is 20.7 Å². The first-order valence-electron chi connectivity index (χ1n) is 3.63. The van der Waals surface area contributed by atoms with Gasteiger partial charge < -0.3 is 0 Å². The second kappa shape index (κ2) is 2.90. The third kappa shape index (κ3) is 1.79. The molecule has 0 nitrogen and oxygen atoms in total. The predicted molar refractivity (Wildman–Crippen MR) is 44.1 cm³/mol. The zero-order chi connectivity index (χ0) is 7.78. The van der Waals surface area contributed by atoms with Crippen LogP contribution in [-0.4, -0.2) is 8.07 Å². The molecule has 0 heterocycles. The molecule has 0 radical (unpaired) electrons. The maximum absolute atomic E-state index is 2.43. The molecule has 53 valence electrons. The SMILES string of the molecule is C[Si](C)(C)C1=[C]([Hf])CC=C1. The van der Waals surface area contributed by atoms with Crippen molar-refractivity contribution in [3.63, 3.8) is 0 Å². The molecule has 0 spiro atoms. The Labute approximate surface area is 79.0 Å². The number of hydrogen-bond acceptors (Lipinski definition) is 0. The van der Waals surface area contributed by atoms with Crippen molar-refractivity contribution < 1.29 is 24.4 Å². The van der Waals surface area contributed by atoms with Crippen molar-refractivity contribution in [2.45, 2.75) is 26.1 Å². The topological polar surface area (TPSA) is 0 Å². The van der Waals surface area contributed by atoms with E-state index in [-0.39, 0.29) is 0 Å². The molecule has 0 bridgehead atoms. The molecule has 0 aromatic heterocycles. The van der Waals surface area contributed by atoms with Crippen LogP contribution in [-0.2, 0) is 24.4 Å². The van der Waals surface area contributed by atoms with Crippen LogP contribution in [0.1, 0.15) is 6.42 Å². The summed E-state index contributed by atoms with van der Waals surface area (Å²) in [7, 11) is -0.960. The summed E-state index contributed by atoms with van der Waals surface area (Å²) >= 11 is 1.27. The summed E-state index contributed by atoms with van der Waals surface area (Å²) in [5.41, 5.74) is 0. The van der Waals surface area contributed by atoms with Crippen molar-refractivity contribution in [1.29, 1.82) is 0 Å². The van der Waals surface area contributed by atoms with Crippen LogP contribution in [0.25, 0.3) is 0 Å². The Hall–Kier alpha value is 0.567. The van der Waals surface area contributed by atoms with Gasteiger partial charge in [0.15, 0.2) is 0 Å². The van der Waals surface area contributed by atoms with E-state index >= 15 is 0 Å².